The average Bonchev–Trinajstić information content (AvgIpc) is 3.81. The number of fused-ring (bicyclic) bond motifs is 13. The highest BCUT2D eigenvalue weighted by molar-refractivity contribution is 6.39. The second-order valence-corrected chi connectivity index (χ2v) is 14.9. The van der Waals surface area contributed by atoms with Crippen molar-refractivity contribution in [3.05, 3.63) is 211 Å². The number of aliphatic imine (C=N–C) groups is 1. The van der Waals surface area contributed by atoms with Gasteiger partial charge >= 0.3 is 0 Å². The summed E-state index contributed by atoms with van der Waals surface area (Å²) in [6.45, 7) is 0. The van der Waals surface area contributed by atoms with E-state index in [4.69, 9.17) is 4.99 Å². The van der Waals surface area contributed by atoms with Gasteiger partial charge in [-0.2, -0.15) is 4.99 Å². The number of hydrogen-bond acceptors (Lipinski definition) is 1. The summed E-state index contributed by atoms with van der Waals surface area (Å²) in [6, 6.07) is 70.7. The number of aromatic nitrogens is 2. The van der Waals surface area contributed by atoms with E-state index in [0.717, 1.165) is 28.5 Å². The van der Waals surface area contributed by atoms with Crippen molar-refractivity contribution in [3.8, 4) is 11.4 Å². The maximum Gasteiger partial charge on any atom is 0.232 e. The smallest absolute Gasteiger partial charge is 0.232 e. The molecule has 2 N–H and O–H groups in total. The third-order valence-electron chi connectivity index (χ3n) is 11.8. The Hall–Kier alpha value is -7.27. The topological polar surface area (TPSA) is 38.8 Å². The van der Waals surface area contributed by atoms with E-state index in [0.29, 0.717) is 0 Å². The molecule has 11 aromatic rings. The van der Waals surface area contributed by atoms with Crippen LogP contribution in [0, 0.1) is 0 Å². The Morgan fingerprint density at radius 2 is 1.05 bits per heavy atom. The van der Waals surface area contributed by atoms with E-state index in [-0.39, 0.29) is 6.04 Å². The molecule has 0 saturated heterocycles. The van der Waals surface area contributed by atoms with Crippen LogP contribution in [0.2, 0.25) is 0 Å². The van der Waals surface area contributed by atoms with E-state index in [1.54, 1.807) is 0 Å². The largest absolute Gasteiger partial charge is 0.307 e. The minimum atomic E-state index is 0.107. The Labute approximate surface area is 323 Å². The normalized spacial score (nSPS) is 14.3. The van der Waals surface area contributed by atoms with Gasteiger partial charge in [0.25, 0.3) is 0 Å². The van der Waals surface area contributed by atoms with Gasteiger partial charge in [0.2, 0.25) is 5.84 Å². The molecular formula is C52H35N4+. The standard InChI is InChI=1S/C52H34N4/c1-3-17-34(18-4-1)49-41-26-11-13-28-43(41)53-52(54-49)35-19-15-22-37(32-35)56-45-31-30-33-16-7-8-23-38(33)47(45)48-40-25-10-9-24-39(40)46-42-27-12-14-29-44(42)55(50(46)51(48)56)36-20-5-2-6-21-36/h1-32,49H,(H,53,54)/p+1. The van der Waals surface area contributed by atoms with Crippen molar-refractivity contribution in [1.29, 1.82) is 0 Å². The first kappa shape index (κ1) is 31.1. The van der Waals surface area contributed by atoms with Crippen LogP contribution >= 0.6 is 0 Å². The quantitative estimate of drug-likeness (QED) is 0.188. The number of quaternary nitrogens is 1. The maximum atomic E-state index is 5.30. The van der Waals surface area contributed by atoms with Gasteiger partial charge in [-0.25, -0.2) is 0 Å². The van der Waals surface area contributed by atoms with Crippen molar-refractivity contribution in [2.24, 2.45) is 4.99 Å². The molecule has 1 unspecified atom stereocenters. The number of nitrogens with two attached hydrogens (primary N) is 1. The number of amidine groups is 1. The molecular weight excluding hydrogens is 681 g/mol. The summed E-state index contributed by atoms with van der Waals surface area (Å²) >= 11 is 0. The highest BCUT2D eigenvalue weighted by atomic mass is 15.1. The SMILES string of the molecule is c1ccc(C2[NH2+]C(c3cccc(-n4c5ccc6ccccc6c5c5c6ccccc6c6c7ccccc7n(-c7ccccc7)c6c54)c3)=Nc3ccccc32)cc1. The van der Waals surface area contributed by atoms with Gasteiger partial charge in [-0.3, -0.25) is 5.32 Å². The van der Waals surface area contributed by atoms with Crippen molar-refractivity contribution in [3.63, 3.8) is 0 Å². The minimum Gasteiger partial charge on any atom is -0.307 e. The lowest BCUT2D eigenvalue weighted by molar-refractivity contribution is -0.577. The summed E-state index contributed by atoms with van der Waals surface area (Å²) in [5.74, 6) is 0.986. The van der Waals surface area contributed by atoms with Crippen LogP contribution in [0.4, 0.5) is 5.69 Å². The van der Waals surface area contributed by atoms with Crippen LogP contribution < -0.4 is 5.32 Å². The van der Waals surface area contributed by atoms with Gasteiger partial charge in [0.05, 0.1) is 33.3 Å². The van der Waals surface area contributed by atoms with Crippen molar-refractivity contribution in [2.75, 3.05) is 0 Å². The fraction of sp³-hybridized carbons (Fsp3) is 0.0192. The zero-order valence-electron chi connectivity index (χ0n) is 30.5. The second-order valence-electron chi connectivity index (χ2n) is 14.9. The Morgan fingerprint density at radius 1 is 0.429 bits per heavy atom. The summed E-state index contributed by atoms with van der Waals surface area (Å²) in [5, 5.41) is 12.4. The summed E-state index contributed by atoms with van der Waals surface area (Å²) in [7, 11) is 0. The van der Waals surface area contributed by atoms with Gasteiger partial charge in [-0.1, -0.05) is 146 Å². The van der Waals surface area contributed by atoms with Crippen molar-refractivity contribution in [2.45, 2.75) is 6.04 Å². The zero-order valence-corrected chi connectivity index (χ0v) is 30.5. The Morgan fingerprint density at radius 3 is 1.89 bits per heavy atom. The van der Waals surface area contributed by atoms with Crippen molar-refractivity contribution < 1.29 is 5.32 Å². The molecule has 1 aliphatic rings. The highest BCUT2D eigenvalue weighted by Gasteiger charge is 2.30. The molecule has 0 aliphatic carbocycles. The van der Waals surface area contributed by atoms with Crippen molar-refractivity contribution in [1.82, 2.24) is 9.13 Å². The number of para-hydroxylation sites is 3. The molecule has 1 atom stereocenters. The average molecular weight is 716 g/mol. The molecule has 0 radical (unpaired) electrons. The summed E-state index contributed by atoms with van der Waals surface area (Å²) in [6.07, 6.45) is 0. The number of hydrogen-bond donors (Lipinski definition) is 1. The Bertz CT molecular complexity index is 3390. The molecule has 2 aromatic heterocycles. The van der Waals surface area contributed by atoms with Crippen LogP contribution in [-0.4, -0.2) is 15.0 Å². The van der Waals surface area contributed by atoms with Gasteiger partial charge < -0.3 is 9.13 Å². The van der Waals surface area contributed by atoms with Gasteiger partial charge in [-0.15, -0.1) is 0 Å². The lowest BCUT2D eigenvalue weighted by Crippen LogP contribution is -2.90. The Kier molecular flexibility index (Phi) is 6.74. The van der Waals surface area contributed by atoms with E-state index in [9.17, 15) is 0 Å². The van der Waals surface area contributed by atoms with E-state index < -0.39 is 0 Å². The molecule has 0 fully saturated rings. The molecule has 3 heterocycles. The summed E-state index contributed by atoms with van der Waals surface area (Å²) in [4.78, 5) is 5.30. The monoisotopic (exact) mass is 715 g/mol. The Balaban J connectivity index is 1.23. The number of nitrogens with zero attached hydrogens (tertiary/aromatic N) is 3. The van der Waals surface area contributed by atoms with Crippen LogP contribution in [0.1, 0.15) is 22.7 Å². The molecule has 262 valence electrons. The molecule has 56 heavy (non-hydrogen) atoms. The number of rotatable bonds is 4. The maximum absolute atomic E-state index is 5.30. The van der Waals surface area contributed by atoms with Gasteiger partial charge in [0.1, 0.15) is 6.04 Å². The van der Waals surface area contributed by atoms with Crippen LogP contribution in [0.3, 0.4) is 0 Å². The third kappa shape index (κ3) is 4.48. The molecule has 9 aromatic carbocycles. The van der Waals surface area contributed by atoms with E-state index in [1.165, 1.54) is 76.3 Å². The van der Waals surface area contributed by atoms with E-state index in [2.05, 4.69) is 209 Å². The summed E-state index contributed by atoms with van der Waals surface area (Å²) < 4.78 is 5.01. The molecule has 4 heteroatoms. The minimum absolute atomic E-state index is 0.107. The lowest BCUT2D eigenvalue weighted by atomic mass is 9.95. The molecule has 0 amide bonds. The second kappa shape index (κ2) is 12.1. The highest BCUT2D eigenvalue weighted by Crippen LogP contribution is 2.48. The summed E-state index contributed by atoms with van der Waals surface area (Å²) in [5.41, 5.74) is 11.6. The molecule has 12 rings (SSSR count). The van der Waals surface area contributed by atoms with Crippen molar-refractivity contribution >= 4 is 76.7 Å². The molecule has 0 bridgehead atoms. The predicted molar refractivity (Wildman–Crippen MR) is 233 cm³/mol. The molecule has 0 saturated carbocycles. The van der Waals surface area contributed by atoms with E-state index in [1.807, 2.05) is 0 Å². The van der Waals surface area contributed by atoms with Gasteiger partial charge in [0, 0.05) is 44.0 Å². The molecule has 4 nitrogen and oxygen atoms in total. The lowest BCUT2D eigenvalue weighted by Gasteiger charge is -2.23. The van der Waals surface area contributed by atoms with Crippen LogP contribution in [0.15, 0.2) is 199 Å². The van der Waals surface area contributed by atoms with Gasteiger partial charge in [-0.05, 0) is 70.1 Å². The first-order chi connectivity index (χ1) is 27.8. The molecule has 1 aliphatic heterocycles. The zero-order chi connectivity index (χ0) is 36.7. The third-order valence-corrected chi connectivity index (χ3v) is 11.8. The predicted octanol–water partition coefficient (Wildman–Crippen LogP) is 11.9. The molecule has 0 spiro atoms. The van der Waals surface area contributed by atoms with Crippen LogP contribution in [-0.2, 0) is 0 Å². The van der Waals surface area contributed by atoms with Crippen LogP contribution in [0.5, 0.6) is 0 Å². The fourth-order valence-electron chi connectivity index (χ4n) is 9.48. The van der Waals surface area contributed by atoms with Gasteiger partial charge in [0.15, 0.2) is 0 Å². The van der Waals surface area contributed by atoms with Crippen LogP contribution in [0.25, 0.3) is 76.5 Å². The first-order valence-corrected chi connectivity index (χ1v) is 19.4. The van der Waals surface area contributed by atoms with E-state index >= 15 is 0 Å². The fourth-order valence-corrected chi connectivity index (χ4v) is 9.48. The first-order valence-electron chi connectivity index (χ1n) is 19.4. The number of benzene rings is 9.